The number of aliphatic hydroxyl groups excluding tert-OH is 1. The quantitative estimate of drug-likeness (QED) is 0.246. The molecule has 5 rings (SSSR count). The van der Waals surface area contributed by atoms with E-state index in [2.05, 4.69) is 15.3 Å². The molecule has 1 fully saturated rings. The maximum absolute atomic E-state index is 13.9. The molecular weight excluding hydrogens is 523 g/mol. The number of hydrogen-bond donors (Lipinski definition) is 4. The van der Waals surface area contributed by atoms with Gasteiger partial charge < -0.3 is 15.2 Å². The summed E-state index contributed by atoms with van der Waals surface area (Å²) in [6.07, 6.45) is 2.88. The summed E-state index contributed by atoms with van der Waals surface area (Å²) in [6, 6.07) is 6.14. The molecule has 2 aromatic heterocycles. The zero-order chi connectivity index (χ0) is 26.2. The van der Waals surface area contributed by atoms with Crippen LogP contribution in [0.5, 0.6) is 0 Å². The van der Waals surface area contributed by atoms with E-state index in [4.69, 9.17) is 9.29 Å². The molecule has 3 heterocycles. The molecule has 13 heteroatoms. The van der Waals surface area contributed by atoms with E-state index in [1.807, 2.05) is 10.1 Å². The lowest BCUT2D eigenvalue weighted by Gasteiger charge is -2.25. The average molecular weight is 549 g/mol. The van der Waals surface area contributed by atoms with E-state index in [1.165, 1.54) is 36.0 Å². The molecule has 1 aromatic carbocycles. The van der Waals surface area contributed by atoms with Gasteiger partial charge in [-0.1, -0.05) is 6.07 Å². The number of halogens is 1. The van der Waals surface area contributed by atoms with Crippen LogP contribution in [-0.4, -0.2) is 59.1 Å². The number of ether oxygens (including phenoxy) is 1. The number of nitrogens with zero attached hydrogens (tertiary/aromatic N) is 2. The lowest BCUT2D eigenvalue weighted by molar-refractivity contribution is 0.0698. The van der Waals surface area contributed by atoms with Crippen LogP contribution in [0.3, 0.4) is 0 Å². The van der Waals surface area contributed by atoms with Gasteiger partial charge in [0, 0.05) is 24.7 Å². The summed E-state index contributed by atoms with van der Waals surface area (Å²) in [7, 11) is -4.36. The van der Waals surface area contributed by atoms with Crippen LogP contribution in [0.4, 0.5) is 10.2 Å². The summed E-state index contributed by atoms with van der Waals surface area (Å²) in [5.74, 6) is -0.746. The fourth-order valence-electron chi connectivity index (χ4n) is 4.89. The molecule has 10 nitrogen and oxygen atoms in total. The highest BCUT2D eigenvalue weighted by molar-refractivity contribution is 7.83. The third kappa shape index (κ3) is 5.87. The molecule has 1 aliphatic carbocycles. The van der Waals surface area contributed by atoms with Gasteiger partial charge in [0.1, 0.15) is 24.1 Å². The monoisotopic (exact) mass is 548 g/mol. The van der Waals surface area contributed by atoms with Gasteiger partial charge in [-0.25, -0.2) is 14.4 Å². The summed E-state index contributed by atoms with van der Waals surface area (Å²) in [5, 5.41) is 15.3. The van der Waals surface area contributed by atoms with Crippen LogP contribution in [0.15, 0.2) is 42.2 Å². The van der Waals surface area contributed by atoms with Crippen LogP contribution in [0, 0.1) is 11.7 Å². The number of fused-ring (bicyclic) bond motifs is 1. The zero-order valence-electron chi connectivity index (χ0n) is 19.5. The van der Waals surface area contributed by atoms with E-state index in [1.54, 1.807) is 12.1 Å². The molecule has 1 saturated carbocycles. The second kappa shape index (κ2) is 10.5. The van der Waals surface area contributed by atoms with Crippen molar-refractivity contribution < 1.29 is 32.0 Å². The molecule has 37 heavy (non-hydrogen) atoms. The van der Waals surface area contributed by atoms with E-state index in [0.717, 1.165) is 16.7 Å². The van der Waals surface area contributed by atoms with E-state index in [0.29, 0.717) is 36.6 Å². The standard InChI is InChI=1S/C24H25FN4O6S2/c25-16-2-1-13-3-4-35-23(18(13)7-16)15-6-21(36-11-15)22(31)19-10-26-12-27-24(19)29-17-5-14(20(30)8-17)9-28-37(32,33)34/h1-2,6-7,10-12,14,17,20,23,28,30H,3-5,8-9H2,(H,26,27,29)(H,32,33,34)/t14-,17-,20+,23-/m1/s1. The number of anilines is 1. The molecule has 0 amide bonds. The Balaban J connectivity index is 1.32. The fraction of sp³-hybridized carbons (Fsp3) is 0.375. The Labute approximate surface area is 216 Å². The van der Waals surface area contributed by atoms with Gasteiger partial charge in [-0.3, -0.25) is 9.35 Å². The summed E-state index contributed by atoms with van der Waals surface area (Å²) in [4.78, 5) is 22.1. The number of carbonyl (C=O) groups is 1. The molecule has 0 unspecified atom stereocenters. The molecule has 4 atom stereocenters. The lowest BCUT2D eigenvalue weighted by atomic mass is 9.94. The molecular formula is C24H25FN4O6S2. The zero-order valence-corrected chi connectivity index (χ0v) is 21.1. The van der Waals surface area contributed by atoms with Crippen molar-refractivity contribution in [3.63, 3.8) is 0 Å². The van der Waals surface area contributed by atoms with Gasteiger partial charge in [-0.05, 0) is 59.5 Å². The Morgan fingerprint density at radius 3 is 2.92 bits per heavy atom. The highest BCUT2D eigenvalue weighted by Gasteiger charge is 2.34. The molecule has 1 aliphatic heterocycles. The predicted octanol–water partition coefficient (Wildman–Crippen LogP) is 2.51. The van der Waals surface area contributed by atoms with Crippen molar-refractivity contribution in [1.29, 1.82) is 0 Å². The van der Waals surface area contributed by atoms with E-state index in [9.17, 15) is 22.7 Å². The highest BCUT2D eigenvalue weighted by Crippen LogP contribution is 2.36. The van der Waals surface area contributed by atoms with Crippen molar-refractivity contribution in [2.75, 3.05) is 18.5 Å². The van der Waals surface area contributed by atoms with Crippen molar-refractivity contribution in [3.05, 3.63) is 75.1 Å². The minimum absolute atomic E-state index is 0.109. The third-order valence-electron chi connectivity index (χ3n) is 6.68. The number of hydrogen-bond acceptors (Lipinski definition) is 9. The van der Waals surface area contributed by atoms with Crippen LogP contribution in [0.25, 0.3) is 0 Å². The van der Waals surface area contributed by atoms with Crippen molar-refractivity contribution in [3.8, 4) is 0 Å². The SMILES string of the molecule is O=C(c1cc([C@H]2OCCc3ccc(F)cc32)cs1)c1cncnc1N[C@@H]1C[C@H](CNS(=O)(=O)O)[C@@H](O)C1. The number of carbonyl (C=O) groups excluding carboxylic acids is 1. The Hall–Kier alpha value is -2.81. The molecule has 196 valence electrons. The van der Waals surface area contributed by atoms with Gasteiger partial charge in [0.25, 0.3) is 0 Å². The second-order valence-electron chi connectivity index (χ2n) is 9.17. The topological polar surface area (TPSA) is 151 Å². The van der Waals surface area contributed by atoms with Crippen molar-refractivity contribution >= 4 is 33.2 Å². The van der Waals surface area contributed by atoms with Gasteiger partial charge in [-0.15, -0.1) is 11.3 Å². The van der Waals surface area contributed by atoms with Crippen LogP contribution < -0.4 is 10.0 Å². The number of ketones is 1. The maximum atomic E-state index is 13.9. The first-order valence-electron chi connectivity index (χ1n) is 11.7. The summed E-state index contributed by atoms with van der Waals surface area (Å²) < 4.78 is 52.7. The van der Waals surface area contributed by atoms with Crippen LogP contribution in [0.2, 0.25) is 0 Å². The Morgan fingerprint density at radius 2 is 2.11 bits per heavy atom. The number of rotatable bonds is 8. The molecule has 3 aromatic rings. The van der Waals surface area contributed by atoms with Gasteiger partial charge in [0.15, 0.2) is 0 Å². The second-order valence-corrected chi connectivity index (χ2v) is 11.3. The third-order valence-corrected chi connectivity index (χ3v) is 8.15. The summed E-state index contributed by atoms with van der Waals surface area (Å²) in [6.45, 7) is 0.388. The van der Waals surface area contributed by atoms with E-state index in [-0.39, 0.29) is 29.8 Å². The highest BCUT2D eigenvalue weighted by atomic mass is 32.2. The Morgan fingerprint density at radius 1 is 1.27 bits per heavy atom. The summed E-state index contributed by atoms with van der Waals surface area (Å²) >= 11 is 1.25. The van der Waals surface area contributed by atoms with Gasteiger partial charge >= 0.3 is 10.3 Å². The first-order valence-corrected chi connectivity index (χ1v) is 14.0. The first-order chi connectivity index (χ1) is 17.7. The number of aliphatic hydroxyl groups is 1. The Kier molecular flexibility index (Phi) is 7.34. The lowest BCUT2D eigenvalue weighted by Crippen LogP contribution is -2.32. The smallest absolute Gasteiger partial charge is 0.333 e. The normalized spacial score (nSPS) is 23.5. The molecule has 0 spiro atoms. The molecule has 0 radical (unpaired) electrons. The average Bonchev–Trinajstić information content (AvgIpc) is 3.48. The molecule has 4 N–H and O–H groups in total. The van der Waals surface area contributed by atoms with Crippen molar-refractivity contribution in [2.24, 2.45) is 5.92 Å². The fourth-order valence-corrected chi connectivity index (χ4v) is 6.19. The predicted molar refractivity (Wildman–Crippen MR) is 133 cm³/mol. The molecule has 0 saturated heterocycles. The largest absolute Gasteiger partial charge is 0.393 e. The number of benzene rings is 1. The van der Waals surface area contributed by atoms with Gasteiger partial charge in [0.05, 0.1) is 23.2 Å². The number of aromatic nitrogens is 2. The van der Waals surface area contributed by atoms with Crippen LogP contribution >= 0.6 is 11.3 Å². The van der Waals surface area contributed by atoms with Crippen molar-refractivity contribution in [2.45, 2.75) is 37.5 Å². The summed E-state index contributed by atoms with van der Waals surface area (Å²) in [5.41, 5.74) is 2.79. The minimum Gasteiger partial charge on any atom is -0.393 e. The van der Waals surface area contributed by atoms with Gasteiger partial charge in [0.2, 0.25) is 5.78 Å². The van der Waals surface area contributed by atoms with Gasteiger partial charge in [-0.2, -0.15) is 13.1 Å². The Bertz CT molecular complexity index is 1420. The molecule has 0 bridgehead atoms. The molecule has 2 aliphatic rings. The van der Waals surface area contributed by atoms with Crippen molar-refractivity contribution in [1.82, 2.24) is 14.7 Å². The minimum atomic E-state index is -4.36. The maximum Gasteiger partial charge on any atom is 0.333 e. The van der Waals surface area contributed by atoms with E-state index < -0.39 is 28.4 Å². The van der Waals surface area contributed by atoms with Crippen LogP contribution in [0.1, 0.15) is 50.9 Å². The number of thiophene rings is 1. The first kappa shape index (κ1) is 25.8. The number of nitrogens with one attached hydrogen (secondary N) is 2. The van der Waals surface area contributed by atoms with Crippen LogP contribution in [-0.2, 0) is 21.5 Å². The van der Waals surface area contributed by atoms with E-state index >= 15 is 0 Å².